The fourth-order valence-corrected chi connectivity index (χ4v) is 8.95. The zero-order chi connectivity index (χ0) is 62.7. The van der Waals surface area contributed by atoms with Crippen LogP contribution in [0.5, 0.6) is 23.0 Å². The van der Waals surface area contributed by atoms with Crippen molar-refractivity contribution in [1.82, 2.24) is 20.4 Å². The number of anilines is 3. The number of likely N-dealkylation sites (tertiary alicyclic amines) is 2. The van der Waals surface area contributed by atoms with E-state index in [0.717, 1.165) is 5.57 Å². The zero-order valence-corrected chi connectivity index (χ0v) is 49.5. The largest absolute Gasteiger partial charge is 0.493 e. The Morgan fingerprint density at radius 1 is 0.694 bits per heavy atom. The fourth-order valence-electron chi connectivity index (χ4n) is 8.95. The van der Waals surface area contributed by atoms with Gasteiger partial charge in [-0.05, 0) is 82.7 Å². The van der Waals surface area contributed by atoms with Crippen molar-refractivity contribution in [3.63, 3.8) is 0 Å². The van der Waals surface area contributed by atoms with Crippen LogP contribution in [0, 0.1) is 5.92 Å². The van der Waals surface area contributed by atoms with Gasteiger partial charge in [-0.1, -0.05) is 62.9 Å². The van der Waals surface area contributed by atoms with Crippen LogP contribution in [0.2, 0.25) is 0 Å². The minimum atomic E-state index is -1.01. The molecule has 6 N–H and O–H groups in total. The quantitative estimate of drug-likeness (QED) is 0.0182. The van der Waals surface area contributed by atoms with Crippen LogP contribution in [0.15, 0.2) is 85.5 Å². The molecule has 2 heterocycles. The zero-order valence-electron chi connectivity index (χ0n) is 49.5. The van der Waals surface area contributed by atoms with Gasteiger partial charge in [0.25, 0.3) is 11.8 Å². The Balaban J connectivity index is 1.30. The number of carbonyl (C=O) groups excluding carboxylic acids is 8. The minimum Gasteiger partial charge on any atom is -0.493 e. The molecule has 7 amide bonds. The number of esters is 1. The molecule has 85 heavy (non-hydrogen) atoms. The van der Waals surface area contributed by atoms with Crippen LogP contribution in [0.1, 0.15) is 107 Å². The number of nitrogens with zero attached hydrogens (tertiary/aromatic N) is 2. The standard InChI is InChI=1S/C60H77N7O18/c1-13-21-82-58(76)65-52(34(2)3)54(72)61-37(6)53(71)62-40-17-15-39(16-18-40)32-84-57(75)63-45-28-49(47(78-11)26-43(45)56(74)67-31-36(5)25-42(67)33-83-38(7)68)80-22-14-23-81-50-29-46(64-59(77)85-60(8,9)10)44(27-48(50)79-12)55(73)66-30-35(4)24-41(66)19-20-51(69)70/h13,15-18,26-29,34,37,41-42,52H,1,4-5,14,19-25,30-33H2,2-3,6-12H3,(H,61,72)(H,62,71)(H,63,75)(H,64,77)(H,65,76)(H,69,70)/t37-,41-,42-,52-/m0/s1. The van der Waals surface area contributed by atoms with Crippen molar-refractivity contribution < 1.29 is 86.2 Å². The Hall–Kier alpha value is -9.29. The van der Waals surface area contributed by atoms with Crippen molar-refractivity contribution in [3.05, 3.63) is 102 Å². The molecule has 0 bridgehead atoms. The molecule has 25 heteroatoms. The van der Waals surface area contributed by atoms with Gasteiger partial charge in [0.2, 0.25) is 11.8 Å². The second-order valence-electron chi connectivity index (χ2n) is 21.5. The first kappa shape index (κ1) is 66.5. The topological polar surface area (TPSA) is 314 Å². The first-order chi connectivity index (χ1) is 40.2. The van der Waals surface area contributed by atoms with E-state index in [1.165, 1.54) is 68.2 Å². The number of rotatable bonds is 27. The van der Waals surface area contributed by atoms with Crippen molar-refractivity contribution in [1.29, 1.82) is 0 Å². The van der Waals surface area contributed by atoms with Crippen molar-refractivity contribution in [3.8, 4) is 23.0 Å². The monoisotopic (exact) mass is 1180 g/mol. The molecule has 3 aromatic carbocycles. The van der Waals surface area contributed by atoms with E-state index in [9.17, 15) is 48.3 Å². The molecule has 460 valence electrons. The number of carbonyl (C=O) groups is 9. The summed E-state index contributed by atoms with van der Waals surface area (Å²) < 4.78 is 44.9. The molecule has 0 aromatic heterocycles. The molecule has 2 fully saturated rings. The summed E-state index contributed by atoms with van der Waals surface area (Å²) in [7, 11) is 2.75. The first-order valence-electron chi connectivity index (χ1n) is 27.4. The second-order valence-corrected chi connectivity index (χ2v) is 21.5. The molecule has 5 rings (SSSR count). The Morgan fingerprint density at radius 3 is 1.74 bits per heavy atom. The molecule has 2 saturated heterocycles. The van der Waals surface area contributed by atoms with Gasteiger partial charge in [0.1, 0.15) is 37.5 Å². The number of aliphatic carboxylic acids is 1. The maximum absolute atomic E-state index is 14.5. The number of alkyl carbamates (subject to hydrolysis) is 1. The molecule has 4 atom stereocenters. The van der Waals surface area contributed by atoms with Crippen LogP contribution >= 0.6 is 0 Å². The summed E-state index contributed by atoms with van der Waals surface area (Å²) >= 11 is 0. The maximum Gasteiger partial charge on any atom is 0.412 e. The van der Waals surface area contributed by atoms with Gasteiger partial charge in [-0.2, -0.15) is 0 Å². The molecular weight excluding hydrogens is 1110 g/mol. The minimum absolute atomic E-state index is 0.00318. The van der Waals surface area contributed by atoms with E-state index in [2.05, 4.69) is 46.3 Å². The van der Waals surface area contributed by atoms with E-state index in [0.29, 0.717) is 29.7 Å². The molecule has 3 aromatic rings. The Bertz CT molecular complexity index is 2990. The average molecular weight is 1180 g/mol. The van der Waals surface area contributed by atoms with Crippen LogP contribution < -0.4 is 45.5 Å². The van der Waals surface area contributed by atoms with E-state index < -0.39 is 83.6 Å². The lowest BCUT2D eigenvalue weighted by atomic mass is 10.0. The summed E-state index contributed by atoms with van der Waals surface area (Å²) in [6.45, 7) is 22.7. The van der Waals surface area contributed by atoms with E-state index in [4.69, 9.17) is 37.9 Å². The van der Waals surface area contributed by atoms with Crippen molar-refractivity contribution >= 4 is 70.9 Å². The predicted molar refractivity (Wildman–Crippen MR) is 312 cm³/mol. The number of carboxylic acid groups (broad SMARTS) is 1. The number of methoxy groups -OCH3 is 2. The number of hydrogen-bond acceptors (Lipinski definition) is 17. The highest BCUT2D eigenvalue weighted by Gasteiger charge is 2.36. The van der Waals surface area contributed by atoms with E-state index in [-0.39, 0.29) is 117 Å². The lowest BCUT2D eigenvalue weighted by Gasteiger charge is -2.26. The number of ether oxygens (including phenoxy) is 8. The summed E-state index contributed by atoms with van der Waals surface area (Å²) in [6, 6.07) is 8.97. The van der Waals surface area contributed by atoms with Gasteiger partial charge in [-0.3, -0.25) is 39.4 Å². The van der Waals surface area contributed by atoms with Gasteiger partial charge < -0.3 is 68.8 Å². The van der Waals surface area contributed by atoms with Crippen LogP contribution in [0.4, 0.5) is 31.4 Å². The summed E-state index contributed by atoms with van der Waals surface area (Å²) in [4.78, 5) is 120. The summed E-state index contributed by atoms with van der Waals surface area (Å²) in [5, 5.41) is 22.5. The van der Waals surface area contributed by atoms with Gasteiger partial charge >= 0.3 is 30.2 Å². The molecule has 2 aliphatic heterocycles. The highest BCUT2D eigenvalue weighted by molar-refractivity contribution is 6.05. The second kappa shape index (κ2) is 30.8. The molecule has 0 aliphatic carbocycles. The van der Waals surface area contributed by atoms with Gasteiger partial charge in [0.05, 0.1) is 56.0 Å². The van der Waals surface area contributed by atoms with Crippen LogP contribution in [0.3, 0.4) is 0 Å². The van der Waals surface area contributed by atoms with Crippen molar-refractivity contribution in [2.45, 2.75) is 117 Å². The average Bonchev–Trinajstić information content (AvgIpc) is 3.03. The number of amides is 7. The molecule has 25 nitrogen and oxygen atoms in total. The molecular formula is C60H77N7O18. The molecule has 0 spiro atoms. The smallest absolute Gasteiger partial charge is 0.412 e. The van der Waals surface area contributed by atoms with Gasteiger partial charge in [-0.25, -0.2) is 14.4 Å². The van der Waals surface area contributed by atoms with Gasteiger partial charge in [0, 0.05) is 56.7 Å². The SMILES string of the molecule is C=CCOC(=O)N[C@H](C(=O)N[C@@H](C)C(=O)Nc1ccc(COC(=O)Nc2cc(OCCCOc3cc(NC(=O)OC(C)(C)C)c(C(=O)N4CC(=C)C[C@@H]4CCC(=O)O)cc3OC)c(OC)cc2C(=O)N2CC(=C)C[C@H]2COC(C)=O)cc1)C(C)C. The number of carboxylic acids is 1. The molecule has 0 saturated carbocycles. The van der Waals surface area contributed by atoms with E-state index in [1.54, 1.807) is 58.9 Å². The third kappa shape index (κ3) is 19.9. The Kier molecular flexibility index (Phi) is 24.1. The van der Waals surface area contributed by atoms with Crippen LogP contribution in [-0.2, 0) is 44.7 Å². The summed E-state index contributed by atoms with van der Waals surface area (Å²) in [5.41, 5.74) is 1.48. The van der Waals surface area contributed by atoms with Crippen LogP contribution in [0.25, 0.3) is 0 Å². The third-order valence-electron chi connectivity index (χ3n) is 13.1. The number of benzene rings is 3. The molecule has 2 aliphatic rings. The third-order valence-corrected chi connectivity index (χ3v) is 13.1. The summed E-state index contributed by atoms with van der Waals surface area (Å²) in [5.74, 6) is -3.55. The van der Waals surface area contributed by atoms with Gasteiger partial charge in [-0.15, -0.1) is 0 Å². The highest BCUT2D eigenvalue weighted by Crippen LogP contribution is 2.39. The molecule has 0 radical (unpaired) electrons. The normalized spacial score (nSPS) is 15.4. The Morgan fingerprint density at radius 2 is 1.24 bits per heavy atom. The van der Waals surface area contributed by atoms with Crippen molar-refractivity contribution in [2.24, 2.45) is 5.92 Å². The van der Waals surface area contributed by atoms with Gasteiger partial charge in [0.15, 0.2) is 23.0 Å². The van der Waals surface area contributed by atoms with E-state index in [1.807, 2.05) is 0 Å². The van der Waals surface area contributed by atoms with Crippen LogP contribution in [-0.4, -0.2) is 152 Å². The predicted octanol–water partition coefficient (Wildman–Crippen LogP) is 8.00. The van der Waals surface area contributed by atoms with E-state index >= 15 is 0 Å². The number of hydrogen-bond donors (Lipinski definition) is 6. The highest BCUT2D eigenvalue weighted by atomic mass is 16.6. The Labute approximate surface area is 493 Å². The van der Waals surface area contributed by atoms with Crippen molar-refractivity contribution in [2.75, 3.05) is 69.7 Å². The number of nitrogens with one attached hydrogen (secondary N) is 5. The lowest BCUT2D eigenvalue weighted by Crippen LogP contribution is -2.53. The summed E-state index contributed by atoms with van der Waals surface area (Å²) in [6.07, 6.45) is -0.221. The first-order valence-corrected chi connectivity index (χ1v) is 27.4. The molecule has 0 unspecified atom stereocenters. The lowest BCUT2D eigenvalue weighted by molar-refractivity contribution is -0.142. The maximum atomic E-state index is 14.5. The fraction of sp³-hybridized carbons (Fsp3) is 0.450.